The predicted octanol–water partition coefficient (Wildman–Crippen LogP) is 1.65. The molecule has 1 aliphatic heterocycles. The number of carbonyl (C=O) groups is 1. The number of ether oxygens (including phenoxy) is 1. The molecule has 1 spiro atoms. The molecule has 1 heterocycles. The summed E-state index contributed by atoms with van der Waals surface area (Å²) in [6, 6.07) is 0.232. The lowest BCUT2D eigenvalue weighted by atomic mass is 9.67. The Bertz CT molecular complexity index is 378. The molecule has 5 heteroatoms. The van der Waals surface area contributed by atoms with Crippen LogP contribution >= 0.6 is 0 Å². The van der Waals surface area contributed by atoms with Crippen LogP contribution in [0.15, 0.2) is 0 Å². The van der Waals surface area contributed by atoms with Gasteiger partial charge in [0.1, 0.15) is 5.60 Å². The van der Waals surface area contributed by atoms with Crippen LogP contribution < -0.4 is 10.6 Å². The normalized spacial score (nSPS) is 37.0. The standard InChI is InChI=1S/C15H28N2O3/c1-9(2)12-15(8-16-12)6-10(11(18)7-15)17-13(19)20-14(3,4)5/h9-12,16,18H,6-8H2,1-5H3,(H,17,19)/t10-,11-,12-,15-/m1/s1. The number of rotatable bonds is 2. The second kappa shape index (κ2) is 5.19. The maximum absolute atomic E-state index is 11.8. The fourth-order valence-corrected chi connectivity index (χ4v) is 3.67. The Hall–Kier alpha value is -0.810. The maximum atomic E-state index is 11.8. The first-order valence-corrected chi connectivity index (χ1v) is 7.54. The van der Waals surface area contributed by atoms with E-state index in [0.717, 1.165) is 19.4 Å². The topological polar surface area (TPSA) is 70.6 Å². The van der Waals surface area contributed by atoms with Crippen molar-refractivity contribution in [3.8, 4) is 0 Å². The monoisotopic (exact) mass is 284 g/mol. The molecule has 1 saturated carbocycles. The third-order valence-corrected chi connectivity index (χ3v) is 4.41. The van der Waals surface area contributed by atoms with E-state index in [1.807, 2.05) is 20.8 Å². The lowest BCUT2D eigenvalue weighted by Crippen LogP contribution is -2.64. The number of hydrogen-bond acceptors (Lipinski definition) is 4. The smallest absolute Gasteiger partial charge is 0.407 e. The summed E-state index contributed by atoms with van der Waals surface area (Å²) in [6.07, 6.45) is 0.657. The van der Waals surface area contributed by atoms with E-state index >= 15 is 0 Å². The summed E-state index contributed by atoms with van der Waals surface area (Å²) in [5, 5.41) is 16.5. The van der Waals surface area contributed by atoms with Crippen molar-refractivity contribution in [1.29, 1.82) is 0 Å². The second-order valence-electron chi connectivity index (χ2n) is 7.69. The lowest BCUT2D eigenvalue weighted by molar-refractivity contribution is 0.0394. The van der Waals surface area contributed by atoms with E-state index in [1.54, 1.807) is 0 Å². The highest BCUT2D eigenvalue weighted by molar-refractivity contribution is 5.68. The van der Waals surface area contributed by atoms with Crippen LogP contribution in [0.5, 0.6) is 0 Å². The molecule has 0 aromatic rings. The minimum Gasteiger partial charge on any atom is -0.444 e. The SMILES string of the molecule is CC(C)[C@H]1NC[C@@]12C[C@@H](O)[C@H](NC(=O)OC(C)(C)C)C2. The van der Waals surface area contributed by atoms with Gasteiger partial charge in [0.2, 0.25) is 0 Å². The van der Waals surface area contributed by atoms with E-state index in [2.05, 4.69) is 24.5 Å². The average Bonchev–Trinajstić information content (AvgIpc) is 2.53. The zero-order valence-electron chi connectivity index (χ0n) is 13.2. The van der Waals surface area contributed by atoms with E-state index in [1.165, 1.54) is 0 Å². The molecule has 2 fully saturated rings. The molecule has 0 bridgehead atoms. The lowest BCUT2D eigenvalue weighted by Gasteiger charge is -2.51. The van der Waals surface area contributed by atoms with Crippen LogP contribution in [0.25, 0.3) is 0 Å². The number of aliphatic hydroxyl groups is 1. The first-order chi connectivity index (χ1) is 9.13. The molecule has 116 valence electrons. The number of aliphatic hydroxyl groups excluding tert-OH is 1. The van der Waals surface area contributed by atoms with Gasteiger partial charge in [0.05, 0.1) is 12.1 Å². The quantitative estimate of drug-likeness (QED) is 0.721. The van der Waals surface area contributed by atoms with Crippen molar-refractivity contribution < 1.29 is 14.6 Å². The molecule has 0 aromatic heterocycles. The molecule has 0 unspecified atom stereocenters. The Morgan fingerprint density at radius 2 is 2.05 bits per heavy atom. The number of carbonyl (C=O) groups excluding carboxylic acids is 1. The molecule has 20 heavy (non-hydrogen) atoms. The Labute approximate surface area is 121 Å². The van der Waals surface area contributed by atoms with Crippen LogP contribution in [0, 0.1) is 11.3 Å². The first-order valence-electron chi connectivity index (χ1n) is 7.54. The van der Waals surface area contributed by atoms with Crippen LogP contribution in [-0.4, -0.2) is 41.5 Å². The van der Waals surface area contributed by atoms with Gasteiger partial charge in [-0.2, -0.15) is 0 Å². The van der Waals surface area contributed by atoms with Crippen LogP contribution in [0.2, 0.25) is 0 Å². The van der Waals surface area contributed by atoms with Crippen molar-refractivity contribution in [3.63, 3.8) is 0 Å². The molecule has 5 nitrogen and oxygen atoms in total. The highest BCUT2D eigenvalue weighted by atomic mass is 16.6. The third kappa shape index (κ3) is 3.09. The Balaban J connectivity index is 1.93. The van der Waals surface area contributed by atoms with Crippen LogP contribution in [-0.2, 0) is 4.74 Å². The van der Waals surface area contributed by atoms with Gasteiger partial charge >= 0.3 is 6.09 Å². The van der Waals surface area contributed by atoms with E-state index < -0.39 is 17.8 Å². The molecule has 2 rings (SSSR count). The minimum atomic E-state index is -0.510. The summed E-state index contributed by atoms with van der Waals surface area (Å²) in [5.74, 6) is 0.538. The summed E-state index contributed by atoms with van der Waals surface area (Å²) in [4.78, 5) is 11.8. The summed E-state index contributed by atoms with van der Waals surface area (Å²) < 4.78 is 5.27. The van der Waals surface area contributed by atoms with Gasteiger partial charge in [0, 0.05) is 18.0 Å². The zero-order valence-corrected chi connectivity index (χ0v) is 13.2. The predicted molar refractivity (Wildman–Crippen MR) is 77.5 cm³/mol. The van der Waals surface area contributed by atoms with Crippen molar-refractivity contribution in [2.75, 3.05) is 6.54 Å². The molecule has 1 saturated heterocycles. The number of amides is 1. The van der Waals surface area contributed by atoms with Gasteiger partial charge in [0.25, 0.3) is 0 Å². The molecule has 1 amide bonds. The van der Waals surface area contributed by atoms with Crippen molar-refractivity contribution in [2.24, 2.45) is 11.3 Å². The molecule has 2 aliphatic rings. The van der Waals surface area contributed by atoms with Crippen molar-refractivity contribution >= 4 is 6.09 Å². The Morgan fingerprint density at radius 1 is 1.40 bits per heavy atom. The molecular formula is C15H28N2O3. The molecule has 0 aromatic carbocycles. The average molecular weight is 284 g/mol. The second-order valence-corrected chi connectivity index (χ2v) is 7.69. The third-order valence-electron chi connectivity index (χ3n) is 4.41. The highest BCUT2D eigenvalue weighted by Crippen LogP contribution is 2.48. The zero-order chi connectivity index (χ0) is 15.1. The number of hydrogen-bond donors (Lipinski definition) is 3. The van der Waals surface area contributed by atoms with Crippen molar-refractivity contribution in [1.82, 2.24) is 10.6 Å². The van der Waals surface area contributed by atoms with Crippen LogP contribution in [0.4, 0.5) is 4.79 Å². The van der Waals surface area contributed by atoms with E-state index in [-0.39, 0.29) is 11.5 Å². The van der Waals surface area contributed by atoms with Crippen LogP contribution in [0.1, 0.15) is 47.5 Å². The van der Waals surface area contributed by atoms with Gasteiger partial charge in [-0.3, -0.25) is 0 Å². The van der Waals surface area contributed by atoms with E-state index in [4.69, 9.17) is 4.74 Å². The summed E-state index contributed by atoms with van der Waals surface area (Å²) in [6.45, 7) is 10.8. The Morgan fingerprint density at radius 3 is 2.50 bits per heavy atom. The first kappa shape index (κ1) is 15.6. The van der Waals surface area contributed by atoms with Gasteiger partial charge in [0.15, 0.2) is 0 Å². The fourth-order valence-electron chi connectivity index (χ4n) is 3.67. The minimum absolute atomic E-state index is 0.132. The fraction of sp³-hybridized carbons (Fsp3) is 0.933. The number of alkyl carbamates (subject to hydrolysis) is 1. The van der Waals surface area contributed by atoms with Gasteiger partial charge in [-0.1, -0.05) is 13.8 Å². The molecule has 1 aliphatic carbocycles. The largest absolute Gasteiger partial charge is 0.444 e. The number of nitrogens with one attached hydrogen (secondary N) is 2. The Kier molecular flexibility index (Phi) is 4.04. The maximum Gasteiger partial charge on any atom is 0.407 e. The molecule has 4 atom stereocenters. The van der Waals surface area contributed by atoms with E-state index in [9.17, 15) is 9.90 Å². The van der Waals surface area contributed by atoms with Crippen molar-refractivity contribution in [2.45, 2.75) is 71.2 Å². The summed E-state index contributed by atoms with van der Waals surface area (Å²) in [5.41, 5.74) is -0.378. The molecular weight excluding hydrogens is 256 g/mol. The summed E-state index contributed by atoms with van der Waals surface area (Å²) >= 11 is 0. The van der Waals surface area contributed by atoms with Gasteiger partial charge in [-0.05, 0) is 39.5 Å². The molecule has 0 radical (unpaired) electrons. The molecule has 3 N–H and O–H groups in total. The van der Waals surface area contributed by atoms with Gasteiger partial charge in [-0.25, -0.2) is 4.79 Å². The summed E-state index contributed by atoms with van der Waals surface area (Å²) in [7, 11) is 0. The van der Waals surface area contributed by atoms with Crippen molar-refractivity contribution in [3.05, 3.63) is 0 Å². The van der Waals surface area contributed by atoms with Gasteiger partial charge in [-0.15, -0.1) is 0 Å². The highest BCUT2D eigenvalue weighted by Gasteiger charge is 2.55. The van der Waals surface area contributed by atoms with Crippen LogP contribution in [0.3, 0.4) is 0 Å². The van der Waals surface area contributed by atoms with E-state index in [0.29, 0.717) is 12.0 Å². The van der Waals surface area contributed by atoms with Gasteiger partial charge < -0.3 is 20.5 Å².